The zero-order valence-electron chi connectivity index (χ0n) is 21.6. The lowest BCUT2D eigenvalue weighted by Crippen LogP contribution is -2.55. The van der Waals surface area contributed by atoms with Gasteiger partial charge < -0.3 is 15.1 Å². The highest BCUT2D eigenvalue weighted by atomic mass is 19.4. The molecular formula is C28H24F6N6O. The number of halogens is 6. The largest absolute Gasteiger partial charge is 0.416 e. The standard InChI is InChI=1S/C28H24F6N6O/c1-18-7-5-6-10-23(18)38-25(36-17-35)39-11-12-40(24(16-39)19-8-3-2-4-9-19)26(41)37-22-14-20(27(29,30)31)13-21(15-22)28(32,33)34/h2-10,13-15,24H,11-12,16H2,1H3,(H,36,38)(H,37,41). The Morgan fingerprint density at radius 2 is 1.54 bits per heavy atom. The highest BCUT2D eigenvalue weighted by Gasteiger charge is 2.38. The van der Waals surface area contributed by atoms with E-state index in [-0.39, 0.29) is 31.7 Å². The fraction of sp³-hybridized carbons (Fsp3) is 0.250. The summed E-state index contributed by atoms with van der Waals surface area (Å²) in [7, 11) is 0. The molecule has 0 aliphatic carbocycles. The van der Waals surface area contributed by atoms with Gasteiger partial charge in [-0.1, -0.05) is 48.5 Å². The van der Waals surface area contributed by atoms with Gasteiger partial charge in [0.05, 0.1) is 22.9 Å². The molecule has 13 heteroatoms. The molecule has 7 nitrogen and oxygen atoms in total. The number of nitrogens with zero attached hydrogens (tertiary/aromatic N) is 4. The minimum Gasteiger partial charge on any atom is -0.338 e. The third-order valence-electron chi connectivity index (χ3n) is 6.47. The average molecular weight is 575 g/mol. The monoisotopic (exact) mass is 574 g/mol. The van der Waals surface area contributed by atoms with E-state index < -0.39 is 41.2 Å². The molecule has 2 amide bonds. The van der Waals surface area contributed by atoms with Crippen LogP contribution in [0, 0.1) is 18.4 Å². The van der Waals surface area contributed by atoms with Crippen molar-refractivity contribution in [2.75, 3.05) is 25.0 Å². The number of nitriles is 1. The highest BCUT2D eigenvalue weighted by molar-refractivity contribution is 5.90. The summed E-state index contributed by atoms with van der Waals surface area (Å²) in [5, 5.41) is 14.2. The van der Waals surface area contributed by atoms with Crippen molar-refractivity contribution >= 4 is 23.4 Å². The van der Waals surface area contributed by atoms with Crippen LogP contribution in [0.4, 0.5) is 42.5 Å². The predicted octanol–water partition coefficient (Wildman–Crippen LogP) is 6.68. The molecule has 1 fully saturated rings. The van der Waals surface area contributed by atoms with E-state index in [0.717, 1.165) is 5.56 Å². The SMILES string of the molecule is Cc1ccccc1N=C(NC#N)N1CCN(C(=O)Nc2cc(C(F)(F)F)cc(C(F)(F)F)c2)C(c2ccccc2)C1. The summed E-state index contributed by atoms with van der Waals surface area (Å²) < 4.78 is 80.0. The lowest BCUT2D eigenvalue weighted by atomic mass is 10.0. The van der Waals surface area contributed by atoms with Crippen LogP contribution in [0.3, 0.4) is 0 Å². The Hall–Kier alpha value is -4.73. The Morgan fingerprint density at radius 1 is 0.927 bits per heavy atom. The molecule has 1 saturated heterocycles. The number of aliphatic imine (C=N–C) groups is 1. The van der Waals surface area contributed by atoms with Gasteiger partial charge in [-0.2, -0.15) is 31.6 Å². The van der Waals surface area contributed by atoms with Crippen LogP contribution in [0.1, 0.15) is 28.3 Å². The summed E-state index contributed by atoms with van der Waals surface area (Å²) in [6, 6.07) is 15.4. The molecule has 1 unspecified atom stereocenters. The van der Waals surface area contributed by atoms with E-state index in [4.69, 9.17) is 0 Å². The van der Waals surface area contributed by atoms with Gasteiger partial charge in [0.1, 0.15) is 0 Å². The first kappa shape index (κ1) is 29.3. The molecule has 0 bridgehead atoms. The molecule has 1 atom stereocenters. The summed E-state index contributed by atoms with van der Waals surface area (Å²) in [5.74, 6) is 0.232. The predicted molar refractivity (Wildman–Crippen MR) is 140 cm³/mol. The topological polar surface area (TPSA) is 83.8 Å². The molecule has 3 aromatic carbocycles. The van der Waals surface area contributed by atoms with Gasteiger partial charge in [0.15, 0.2) is 6.19 Å². The number of alkyl halides is 6. The molecule has 0 radical (unpaired) electrons. The third kappa shape index (κ3) is 7.08. The number of carbonyl (C=O) groups is 1. The summed E-state index contributed by atoms with van der Waals surface area (Å²) in [4.78, 5) is 21.0. The van der Waals surface area contributed by atoms with Gasteiger partial charge in [-0.25, -0.2) is 9.79 Å². The van der Waals surface area contributed by atoms with Crippen molar-refractivity contribution in [3.05, 3.63) is 95.1 Å². The summed E-state index contributed by atoms with van der Waals surface area (Å²) >= 11 is 0. The lowest BCUT2D eigenvalue weighted by molar-refractivity contribution is -0.143. The molecule has 0 aromatic heterocycles. The Morgan fingerprint density at radius 3 is 2.12 bits per heavy atom. The molecule has 4 rings (SSSR count). The number of para-hydroxylation sites is 1. The Kier molecular flexibility index (Phi) is 8.41. The first-order valence-electron chi connectivity index (χ1n) is 12.3. The molecule has 3 aromatic rings. The van der Waals surface area contributed by atoms with Crippen LogP contribution in [-0.2, 0) is 12.4 Å². The van der Waals surface area contributed by atoms with Crippen molar-refractivity contribution in [3.63, 3.8) is 0 Å². The number of rotatable bonds is 3. The van der Waals surface area contributed by atoms with Crippen molar-refractivity contribution in [1.29, 1.82) is 5.26 Å². The Balaban J connectivity index is 1.65. The molecule has 214 valence electrons. The number of piperazine rings is 1. The van der Waals surface area contributed by atoms with E-state index in [1.54, 1.807) is 47.4 Å². The number of hydrogen-bond donors (Lipinski definition) is 2. The van der Waals surface area contributed by atoms with Gasteiger partial charge in [0.2, 0.25) is 5.96 Å². The summed E-state index contributed by atoms with van der Waals surface area (Å²) in [5.41, 5.74) is -1.56. The quantitative estimate of drug-likeness (QED) is 0.120. The number of nitrogens with one attached hydrogen (secondary N) is 2. The molecule has 0 saturated carbocycles. The van der Waals surface area contributed by atoms with Gasteiger partial charge in [0.25, 0.3) is 0 Å². The van der Waals surface area contributed by atoms with Crippen LogP contribution in [0.2, 0.25) is 0 Å². The number of amides is 2. The number of benzene rings is 3. The smallest absolute Gasteiger partial charge is 0.338 e. The Labute approximate surface area is 231 Å². The number of urea groups is 1. The second-order valence-corrected chi connectivity index (χ2v) is 9.25. The second-order valence-electron chi connectivity index (χ2n) is 9.25. The fourth-order valence-corrected chi connectivity index (χ4v) is 4.43. The minimum atomic E-state index is -5.06. The van der Waals surface area contributed by atoms with Gasteiger partial charge in [-0.3, -0.25) is 5.32 Å². The number of hydrogen-bond acceptors (Lipinski definition) is 3. The number of guanidine groups is 1. The van der Waals surface area contributed by atoms with Gasteiger partial charge in [0, 0.05) is 25.3 Å². The zero-order valence-corrected chi connectivity index (χ0v) is 21.6. The molecule has 1 heterocycles. The second kappa shape index (κ2) is 11.8. The summed E-state index contributed by atoms with van der Waals surface area (Å²) in [6.45, 7) is 2.19. The first-order chi connectivity index (χ1) is 19.4. The molecule has 2 N–H and O–H groups in total. The minimum absolute atomic E-state index is 0.00128. The van der Waals surface area contributed by atoms with Crippen LogP contribution in [0.25, 0.3) is 0 Å². The van der Waals surface area contributed by atoms with Crippen LogP contribution in [0.15, 0.2) is 77.8 Å². The number of anilines is 1. The van der Waals surface area contributed by atoms with Crippen molar-refractivity contribution < 1.29 is 31.1 Å². The van der Waals surface area contributed by atoms with Crippen LogP contribution in [0.5, 0.6) is 0 Å². The maximum Gasteiger partial charge on any atom is 0.416 e. The molecular weight excluding hydrogens is 550 g/mol. The van der Waals surface area contributed by atoms with Crippen LogP contribution >= 0.6 is 0 Å². The zero-order chi connectivity index (χ0) is 29.8. The maximum absolute atomic E-state index is 13.3. The number of aryl methyl sites for hydroxylation is 1. The van der Waals surface area contributed by atoms with E-state index in [9.17, 15) is 36.4 Å². The lowest BCUT2D eigenvalue weighted by Gasteiger charge is -2.42. The van der Waals surface area contributed by atoms with Crippen molar-refractivity contribution in [2.24, 2.45) is 4.99 Å². The normalized spacial score (nSPS) is 16.2. The molecule has 1 aliphatic rings. The van der Waals surface area contributed by atoms with Gasteiger partial charge >= 0.3 is 18.4 Å². The van der Waals surface area contributed by atoms with Crippen LogP contribution in [-0.4, -0.2) is 41.4 Å². The molecule has 1 aliphatic heterocycles. The van der Waals surface area contributed by atoms with Crippen molar-refractivity contribution in [1.82, 2.24) is 15.1 Å². The number of carbonyl (C=O) groups excluding carboxylic acids is 1. The van der Waals surface area contributed by atoms with Crippen molar-refractivity contribution in [3.8, 4) is 6.19 Å². The van der Waals surface area contributed by atoms with E-state index in [1.807, 2.05) is 25.2 Å². The summed E-state index contributed by atoms with van der Waals surface area (Å²) in [6.07, 6.45) is -8.25. The van der Waals surface area contributed by atoms with E-state index >= 15 is 0 Å². The van der Waals surface area contributed by atoms with Crippen LogP contribution < -0.4 is 10.6 Å². The molecule has 0 spiro atoms. The van der Waals surface area contributed by atoms with E-state index in [1.165, 1.54) is 4.90 Å². The van der Waals surface area contributed by atoms with Gasteiger partial charge in [-0.15, -0.1) is 0 Å². The van der Waals surface area contributed by atoms with Gasteiger partial charge in [-0.05, 0) is 42.3 Å². The molecule has 41 heavy (non-hydrogen) atoms. The van der Waals surface area contributed by atoms with E-state index in [2.05, 4.69) is 15.6 Å². The third-order valence-corrected chi connectivity index (χ3v) is 6.47. The average Bonchev–Trinajstić information content (AvgIpc) is 2.93. The maximum atomic E-state index is 13.3. The van der Waals surface area contributed by atoms with Crippen molar-refractivity contribution in [2.45, 2.75) is 25.3 Å². The highest BCUT2D eigenvalue weighted by Crippen LogP contribution is 2.38. The first-order valence-corrected chi connectivity index (χ1v) is 12.3. The van der Waals surface area contributed by atoms with E-state index in [0.29, 0.717) is 23.4 Å². The fourth-order valence-electron chi connectivity index (χ4n) is 4.43. The Bertz CT molecular complexity index is 1430.